The van der Waals surface area contributed by atoms with Crippen molar-refractivity contribution in [3.8, 4) is 0 Å². The topological polar surface area (TPSA) is 86.7 Å². The largest absolute Gasteiger partial charge is 0.479 e. The fraction of sp³-hybridized carbons (Fsp3) is 0.800. The van der Waals surface area contributed by atoms with E-state index in [1.165, 1.54) is 4.90 Å². The summed E-state index contributed by atoms with van der Waals surface area (Å²) < 4.78 is 13.9. The SMILES string of the molecule is CC(CC(=O)N1CCC(F)(C(=O)O)C1)NC(=O)C1CCCC1. The highest BCUT2D eigenvalue weighted by molar-refractivity contribution is 5.83. The molecule has 2 N–H and O–H groups in total. The predicted octanol–water partition coefficient (Wildman–Crippen LogP) is 1.10. The highest BCUT2D eigenvalue weighted by atomic mass is 19.1. The van der Waals surface area contributed by atoms with E-state index in [1.54, 1.807) is 6.92 Å². The highest BCUT2D eigenvalue weighted by Gasteiger charge is 2.46. The molecule has 1 saturated carbocycles. The van der Waals surface area contributed by atoms with Crippen LogP contribution < -0.4 is 5.32 Å². The summed E-state index contributed by atoms with van der Waals surface area (Å²) in [5.74, 6) is -1.83. The molecule has 0 radical (unpaired) electrons. The highest BCUT2D eigenvalue weighted by Crippen LogP contribution is 2.27. The lowest BCUT2D eigenvalue weighted by atomic mass is 10.1. The van der Waals surface area contributed by atoms with E-state index < -0.39 is 18.2 Å². The maximum Gasteiger partial charge on any atom is 0.343 e. The number of nitrogens with zero attached hydrogens (tertiary/aromatic N) is 1. The number of aliphatic carboxylic acids is 1. The Labute approximate surface area is 129 Å². The van der Waals surface area contributed by atoms with Crippen molar-refractivity contribution in [3.63, 3.8) is 0 Å². The number of nitrogens with one attached hydrogen (secondary N) is 1. The van der Waals surface area contributed by atoms with E-state index in [2.05, 4.69) is 5.32 Å². The molecule has 1 aliphatic heterocycles. The zero-order chi connectivity index (χ0) is 16.3. The predicted molar refractivity (Wildman–Crippen MR) is 76.9 cm³/mol. The zero-order valence-electron chi connectivity index (χ0n) is 12.8. The minimum atomic E-state index is -2.34. The zero-order valence-corrected chi connectivity index (χ0v) is 12.8. The number of hydrogen-bond acceptors (Lipinski definition) is 3. The molecule has 0 aromatic rings. The van der Waals surface area contributed by atoms with E-state index in [0.717, 1.165) is 25.7 Å². The summed E-state index contributed by atoms with van der Waals surface area (Å²) in [6.45, 7) is 1.43. The number of carbonyl (C=O) groups is 3. The van der Waals surface area contributed by atoms with Gasteiger partial charge >= 0.3 is 5.97 Å². The number of carbonyl (C=O) groups excluding carboxylic acids is 2. The van der Waals surface area contributed by atoms with E-state index in [9.17, 15) is 18.8 Å². The lowest BCUT2D eigenvalue weighted by molar-refractivity contribution is -0.150. The Morgan fingerprint density at radius 1 is 1.36 bits per heavy atom. The second-order valence-corrected chi connectivity index (χ2v) is 6.43. The first-order valence-corrected chi connectivity index (χ1v) is 7.82. The molecule has 0 spiro atoms. The van der Waals surface area contributed by atoms with Gasteiger partial charge in [0, 0.05) is 31.3 Å². The van der Waals surface area contributed by atoms with Gasteiger partial charge in [-0.3, -0.25) is 9.59 Å². The quantitative estimate of drug-likeness (QED) is 0.795. The Hall–Kier alpha value is -1.66. The van der Waals surface area contributed by atoms with Crippen molar-refractivity contribution in [2.75, 3.05) is 13.1 Å². The van der Waals surface area contributed by atoms with Crippen molar-refractivity contribution in [1.29, 1.82) is 0 Å². The lowest BCUT2D eigenvalue weighted by Gasteiger charge is -2.21. The number of hydrogen-bond donors (Lipinski definition) is 2. The van der Waals surface area contributed by atoms with Crippen molar-refractivity contribution < 1.29 is 23.9 Å². The normalized spacial score (nSPS) is 26.9. The average Bonchev–Trinajstić information content (AvgIpc) is 3.08. The van der Waals surface area contributed by atoms with Gasteiger partial charge in [0.15, 0.2) is 0 Å². The summed E-state index contributed by atoms with van der Waals surface area (Å²) in [5, 5.41) is 11.6. The second kappa shape index (κ2) is 6.62. The number of carboxylic acid groups (broad SMARTS) is 1. The number of amides is 2. The number of carboxylic acids is 1. The van der Waals surface area contributed by atoms with Crippen LogP contribution in [0, 0.1) is 5.92 Å². The second-order valence-electron chi connectivity index (χ2n) is 6.43. The molecule has 0 bridgehead atoms. The molecule has 0 aromatic heterocycles. The van der Waals surface area contributed by atoms with Crippen LogP contribution in [0.4, 0.5) is 4.39 Å². The summed E-state index contributed by atoms with van der Waals surface area (Å²) in [6, 6.07) is -0.333. The van der Waals surface area contributed by atoms with Crippen LogP contribution in [-0.2, 0) is 14.4 Å². The first-order valence-electron chi connectivity index (χ1n) is 7.82. The van der Waals surface area contributed by atoms with E-state index in [4.69, 9.17) is 5.11 Å². The first-order chi connectivity index (χ1) is 10.3. The molecule has 2 fully saturated rings. The fourth-order valence-electron chi connectivity index (χ4n) is 3.15. The molecule has 1 saturated heterocycles. The van der Waals surface area contributed by atoms with Crippen LogP contribution in [0.15, 0.2) is 0 Å². The Balaban J connectivity index is 1.79. The Bertz CT molecular complexity index is 464. The Kier molecular flexibility index (Phi) is 5.03. The number of alkyl halides is 1. The molecule has 1 aliphatic carbocycles. The number of likely N-dealkylation sites (tertiary alicyclic amines) is 1. The molecule has 0 aromatic carbocycles. The molecule has 2 unspecified atom stereocenters. The van der Waals surface area contributed by atoms with Crippen molar-refractivity contribution in [2.24, 2.45) is 5.92 Å². The maximum atomic E-state index is 13.9. The van der Waals surface area contributed by atoms with Gasteiger partial charge in [-0.15, -0.1) is 0 Å². The minimum absolute atomic E-state index is 0.0235. The monoisotopic (exact) mass is 314 g/mol. The first kappa shape index (κ1) is 16.7. The molecule has 124 valence electrons. The Morgan fingerprint density at radius 2 is 2.00 bits per heavy atom. The van der Waals surface area contributed by atoms with E-state index >= 15 is 0 Å². The van der Waals surface area contributed by atoms with Crippen LogP contribution >= 0.6 is 0 Å². The molecular weight excluding hydrogens is 291 g/mol. The van der Waals surface area contributed by atoms with Crippen molar-refractivity contribution in [2.45, 2.75) is 57.2 Å². The van der Waals surface area contributed by atoms with Gasteiger partial charge in [0.25, 0.3) is 0 Å². The summed E-state index contributed by atoms with van der Waals surface area (Å²) >= 11 is 0. The molecule has 22 heavy (non-hydrogen) atoms. The molecule has 1 heterocycles. The van der Waals surface area contributed by atoms with Crippen LogP contribution in [0.25, 0.3) is 0 Å². The van der Waals surface area contributed by atoms with Gasteiger partial charge in [0.05, 0.1) is 6.54 Å². The Morgan fingerprint density at radius 3 is 2.55 bits per heavy atom. The van der Waals surface area contributed by atoms with Gasteiger partial charge in [0.1, 0.15) is 0 Å². The molecule has 2 atom stereocenters. The van der Waals surface area contributed by atoms with Crippen LogP contribution in [0.2, 0.25) is 0 Å². The standard InChI is InChI=1S/C15H23FN2O4/c1-10(17-13(20)11-4-2-3-5-11)8-12(19)18-7-6-15(16,9-18)14(21)22/h10-11H,2-9H2,1H3,(H,17,20)(H,21,22). The molecule has 2 rings (SSSR count). The van der Waals surface area contributed by atoms with Crippen molar-refractivity contribution in [1.82, 2.24) is 10.2 Å². The van der Waals surface area contributed by atoms with Crippen molar-refractivity contribution in [3.05, 3.63) is 0 Å². The maximum absolute atomic E-state index is 13.9. The van der Waals surface area contributed by atoms with Crippen molar-refractivity contribution >= 4 is 17.8 Å². The summed E-state index contributed by atoms with van der Waals surface area (Å²) in [4.78, 5) is 36.1. The minimum Gasteiger partial charge on any atom is -0.479 e. The average molecular weight is 314 g/mol. The van der Waals surface area contributed by atoms with E-state index in [-0.39, 0.29) is 43.2 Å². The smallest absolute Gasteiger partial charge is 0.343 e. The van der Waals surface area contributed by atoms with Crippen LogP contribution in [0.1, 0.15) is 45.4 Å². The number of halogens is 1. The third-order valence-corrected chi connectivity index (χ3v) is 4.55. The molecule has 6 nitrogen and oxygen atoms in total. The third-order valence-electron chi connectivity index (χ3n) is 4.55. The number of rotatable bonds is 5. The van der Waals surface area contributed by atoms with Gasteiger partial charge in [-0.05, 0) is 19.8 Å². The molecular formula is C15H23FN2O4. The van der Waals surface area contributed by atoms with Gasteiger partial charge in [-0.2, -0.15) is 0 Å². The van der Waals surface area contributed by atoms with Gasteiger partial charge in [-0.1, -0.05) is 12.8 Å². The van der Waals surface area contributed by atoms with E-state index in [0.29, 0.717) is 0 Å². The fourth-order valence-corrected chi connectivity index (χ4v) is 3.15. The van der Waals surface area contributed by atoms with Gasteiger partial charge < -0.3 is 15.3 Å². The van der Waals surface area contributed by atoms with Gasteiger partial charge in [0.2, 0.25) is 17.5 Å². The van der Waals surface area contributed by atoms with Crippen LogP contribution in [-0.4, -0.2) is 52.6 Å². The molecule has 7 heteroatoms. The van der Waals surface area contributed by atoms with E-state index in [1.807, 2.05) is 0 Å². The van der Waals surface area contributed by atoms with Crippen LogP contribution in [0.5, 0.6) is 0 Å². The molecule has 2 aliphatic rings. The lowest BCUT2D eigenvalue weighted by Crippen LogP contribution is -2.42. The third kappa shape index (κ3) is 3.75. The summed E-state index contributed by atoms with van der Waals surface area (Å²) in [7, 11) is 0. The summed E-state index contributed by atoms with van der Waals surface area (Å²) in [6.07, 6.45) is 3.79. The summed E-state index contributed by atoms with van der Waals surface area (Å²) in [5.41, 5.74) is -2.34. The van der Waals surface area contributed by atoms with Gasteiger partial charge in [-0.25, -0.2) is 9.18 Å². The van der Waals surface area contributed by atoms with Crippen LogP contribution in [0.3, 0.4) is 0 Å². The molecule has 2 amide bonds.